The molecular weight excluding hydrogens is 273 g/mol. The number of halogens is 2. The summed E-state index contributed by atoms with van der Waals surface area (Å²) in [4.78, 5) is 14.1. The van der Waals surface area contributed by atoms with Gasteiger partial charge in [-0.05, 0) is 23.8 Å². The van der Waals surface area contributed by atoms with Crippen LogP contribution in [-0.4, -0.2) is 9.91 Å². The zero-order chi connectivity index (χ0) is 13.8. The van der Waals surface area contributed by atoms with Crippen molar-refractivity contribution in [2.24, 2.45) is 0 Å². The van der Waals surface area contributed by atoms with Gasteiger partial charge in [0.05, 0.1) is 4.92 Å². The number of aromatic nitrogens is 1. The second-order valence-corrected chi connectivity index (χ2v) is 4.14. The van der Waals surface area contributed by atoms with Gasteiger partial charge in [0.25, 0.3) is 0 Å². The summed E-state index contributed by atoms with van der Waals surface area (Å²) in [5.41, 5.74) is 0.358. The Hall–Kier alpha value is -2.21. The molecule has 0 aliphatic heterocycles. The van der Waals surface area contributed by atoms with E-state index in [4.69, 9.17) is 11.6 Å². The molecule has 0 spiro atoms. The summed E-state index contributed by atoms with van der Waals surface area (Å²) in [6.07, 6.45) is 1.36. The Balaban J connectivity index is 2.20. The zero-order valence-corrected chi connectivity index (χ0v) is 10.4. The highest BCUT2D eigenvalue weighted by Crippen LogP contribution is 2.30. The van der Waals surface area contributed by atoms with Gasteiger partial charge in [-0.1, -0.05) is 23.7 Å². The van der Waals surface area contributed by atoms with E-state index in [0.29, 0.717) is 5.56 Å². The molecule has 0 saturated carbocycles. The molecule has 1 aromatic heterocycles. The summed E-state index contributed by atoms with van der Waals surface area (Å²) in [6, 6.07) is 7.26. The molecule has 0 saturated heterocycles. The highest BCUT2D eigenvalue weighted by molar-refractivity contribution is 6.33. The van der Waals surface area contributed by atoms with Gasteiger partial charge < -0.3 is 5.32 Å². The number of pyridine rings is 1. The Labute approximate surface area is 113 Å². The highest BCUT2D eigenvalue weighted by Gasteiger charge is 2.19. The van der Waals surface area contributed by atoms with Crippen LogP contribution in [0.5, 0.6) is 0 Å². The van der Waals surface area contributed by atoms with Crippen LogP contribution in [-0.2, 0) is 6.54 Å². The van der Waals surface area contributed by atoms with Gasteiger partial charge in [-0.3, -0.25) is 10.1 Å². The van der Waals surface area contributed by atoms with Crippen LogP contribution in [0.4, 0.5) is 15.9 Å². The monoisotopic (exact) mass is 281 g/mol. The lowest BCUT2D eigenvalue weighted by atomic mass is 10.2. The van der Waals surface area contributed by atoms with Crippen LogP contribution in [0.15, 0.2) is 36.5 Å². The van der Waals surface area contributed by atoms with E-state index < -0.39 is 4.92 Å². The summed E-state index contributed by atoms with van der Waals surface area (Å²) < 4.78 is 13.0. The number of nitrogens with zero attached hydrogens (tertiary/aromatic N) is 2. The molecule has 0 amide bonds. The van der Waals surface area contributed by atoms with E-state index in [1.54, 1.807) is 12.1 Å². The van der Waals surface area contributed by atoms with E-state index in [1.807, 2.05) is 0 Å². The molecule has 0 radical (unpaired) electrons. The predicted molar refractivity (Wildman–Crippen MR) is 69.6 cm³/mol. The second kappa shape index (κ2) is 5.62. The Morgan fingerprint density at radius 2 is 2.21 bits per heavy atom. The fraction of sp³-hybridized carbons (Fsp3) is 0.0833. The van der Waals surface area contributed by atoms with Crippen LogP contribution in [0.25, 0.3) is 0 Å². The Kier molecular flexibility index (Phi) is 3.91. The third kappa shape index (κ3) is 3.17. The third-order valence-electron chi connectivity index (χ3n) is 2.41. The lowest BCUT2D eigenvalue weighted by Gasteiger charge is -2.07. The first-order valence-electron chi connectivity index (χ1n) is 5.35. The molecule has 0 bridgehead atoms. The van der Waals surface area contributed by atoms with Crippen molar-refractivity contribution in [2.75, 3.05) is 5.32 Å². The Morgan fingerprint density at radius 1 is 1.42 bits per heavy atom. The van der Waals surface area contributed by atoms with E-state index >= 15 is 0 Å². The summed E-state index contributed by atoms with van der Waals surface area (Å²) in [6.45, 7) is 0.214. The molecule has 2 aromatic rings. The predicted octanol–water partition coefficient (Wildman–Crippen LogP) is 3.39. The van der Waals surface area contributed by atoms with Gasteiger partial charge in [0.15, 0.2) is 0 Å². The van der Waals surface area contributed by atoms with Gasteiger partial charge in [0.2, 0.25) is 5.82 Å². The van der Waals surface area contributed by atoms with Crippen molar-refractivity contribution in [3.63, 3.8) is 0 Å². The van der Waals surface area contributed by atoms with Gasteiger partial charge in [-0.15, -0.1) is 0 Å². The smallest absolute Gasteiger partial charge is 0.329 e. The highest BCUT2D eigenvalue weighted by atomic mass is 35.5. The molecule has 0 aliphatic rings. The van der Waals surface area contributed by atoms with Crippen LogP contribution in [0, 0.1) is 15.9 Å². The summed E-state index contributed by atoms with van der Waals surface area (Å²) in [5, 5.41) is 13.7. The standard InChI is InChI=1S/C12H9ClFN3O2/c13-10-4-5-15-12(11(10)17(18)19)16-7-8-2-1-3-9(14)6-8/h1-6H,7H2,(H,15,16). The fourth-order valence-electron chi connectivity index (χ4n) is 1.57. The summed E-state index contributed by atoms with van der Waals surface area (Å²) in [7, 11) is 0. The second-order valence-electron chi connectivity index (χ2n) is 3.73. The fourth-order valence-corrected chi connectivity index (χ4v) is 1.78. The molecule has 98 valence electrons. The molecule has 1 N–H and O–H groups in total. The van der Waals surface area contributed by atoms with Gasteiger partial charge in [0, 0.05) is 12.7 Å². The maximum Gasteiger partial charge on any atom is 0.329 e. The van der Waals surface area contributed by atoms with E-state index in [1.165, 1.54) is 24.4 Å². The van der Waals surface area contributed by atoms with E-state index in [0.717, 1.165) is 0 Å². The van der Waals surface area contributed by atoms with Crippen molar-refractivity contribution in [1.29, 1.82) is 0 Å². The number of hydrogen-bond donors (Lipinski definition) is 1. The van der Waals surface area contributed by atoms with Gasteiger partial charge in [-0.2, -0.15) is 0 Å². The lowest BCUT2D eigenvalue weighted by molar-refractivity contribution is -0.384. The van der Waals surface area contributed by atoms with Crippen LogP contribution < -0.4 is 5.32 Å². The maximum absolute atomic E-state index is 13.0. The van der Waals surface area contributed by atoms with E-state index in [-0.39, 0.29) is 28.9 Å². The average Bonchev–Trinajstić information content (AvgIpc) is 2.36. The van der Waals surface area contributed by atoms with E-state index in [9.17, 15) is 14.5 Å². The largest absolute Gasteiger partial charge is 0.360 e. The number of benzene rings is 1. The SMILES string of the molecule is O=[N+]([O-])c1c(Cl)ccnc1NCc1cccc(F)c1. The minimum absolute atomic E-state index is 0.00161. The van der Waals surface area contributed by atoms with E-state index in [2.05, 4.69) is 10.3 Å². The van der Waals surface area contributed by atoms with Gasteiger partial charge in [-0.25, -0.2) is 9.37 Å². The zero-order valence-electron chi connectivity index (χ0n) is 9.64. The van der Waals surface area contributed by atoms with Gasteiger partial charge >= 0.3 is 5.69 Å². The van der Waals surface area contributed by atoms with Crippen molar-refractivity contribution in [1.82, 2.24) is 4.98 Å². The summed E-state index contributed by atoms with van der Waals surface area (Å²) >= 11 is 5.75. The number of nitro groups is 1. The molecular formula is C12H9ClFN3O2. The lowest BCUT2D eigenvalue weighted by Crippen LogP contribution is -2.05. The summed E-state index contributed by atoms with van der Waals surface area (Å²) in [5.74, 6) is -0.311. The van der Waals surface area contributed by atoms with Crippen molar-refractivity contribution in [3.8, 4) is 0 Å². The molecule has 1 heterocycles. The first-order chi connectivity index (χ1) is 9.08. The van der Waals surface area contributed by atoms with Crippen LogP contribution >= 0.6 is 11.6 Å². The first kappa shape index (κ1) is 13.2. The minimum atomic E-state index is -0.608. The molecule has 0 unspecified atom stereocenters. The van der Waals surface area contributed by atoms with Crippen molar-refractivity contribution >= 4 is 23.1 Å². The third-order valence-corrected chi connectivity index (χ3v) is 2.71. The number of anilines is 1. The van der Waals surface area contributed by atoms with Crippen molar-refractivity contribution in [3.05, 3.63) is 63.0 Å². The maximum atomic E-state index is 13.0. The van der Waals surface area contributed by atoms with Crippen molar-refractivity contribution in [2.45, 2.75) is 6.54 Å². The molecule has 0 atom stereocenters. The molecule has 0 fully saturated rings. The first-order valence-corrected chi connectivity index (χ1v) is 5.73. The average molecular weight is 282 g/mol. The van der Waals surface area contributed by atoms with Crippen LogP contribution in [0.3, 0.4) is 0 Å². The number of nitrogens with one attached hydrogen (secondary N) is 1. The number of rotatable bonds is 4. The molecule has 2 rings (SSSR count). The molecule has 1 aromatic carbocycles. The quantitative estimate of drug-likeness (QED) is 0.689. The Morgan fingerprint density at radius 3 is 2.89 bits per heavy atom. The molecule has 0 aliphatic carbocycles. The molecule has 7 heteroatoms. The molecule has 19 heavy (non-hydrogen) atoms. The topological polar surface area (TPSA) is 68.1 Å². The van der Waals surface area contributed by atoms with Crippen molar-refractivity contribution < 1.29 is 9.31 Å². The number of hydrogen-bond acceptors (Lipinski definition) is 4. The van der Waals surface area contributed by atoms with Crippen LogP contribution in [0.2, 0.25) is 5.02 Å². The van der Waals surface area contributed by atoms with Crippen LogP contribution in [0.1, 0.15) is 5.56 Å². The molecule has 5 nitrogen and oxygen atoms in total. The normalized spacial score (nSPS) is 10.2. The minimum Gasteiger partial charge on any atom is -0.360 e. The van der Waals surface area contributed by atoms with Gasteiger partial charge in [0.1, 0.15) is 10.8 Å². The Bertz CT molecular complexity index is 622.